The molecule has 5 atom stereocenters. The van der Waals surface area contributed by atoms with E-state index in [0.29, 0.717) is 42.7 Å². The molecule has 2 aliphatic carbocycles. The summed E-state index contributed by atoms with van der Waals surface area (Å²) in [7, 11) is 1.76. The second-order valence-corrected chi connectivity index (χ2v) is 8.52. The van der Waals surface area contributed by atoms with E-state index in [0.717, 1.165) is 39.0 Å². The summed E-state index contributed by atoms with van der Waals surface area (Å²) in [6.07, 6.45) is 4.17. The van der Waals surface area contributed by atoms with Crippen LogP contribution in [0.15, 0.2) is 0 Å². The highest BCUT2D eigenvalue weighted by Gasteiger charge is 2.58. The molecule has 0 spiro atoms. The lowest BCUT2D eigenvalue weighted by atomic mass is 9.79. The van der Waals surface area contributed by atoms with Crippen LogP contribution in [0.4, 0.5) is 0 Å². The maximum atomic E-state index is 12.5. The molecule has 0 radical (unpaired) electrons. The number of carbonyl (C=O) groups is 2. The van der Waals surface area contributed by atoms with E-state index in [-0.39, 0.29) is 23.8 Å². The minimum absolute atomic E-state index is 0.0975. The lowest BCUT2D eigenvalue weighted by Crippen LogP contribution is -2.42. The molecule has 0 aromatic heterocycles. The van der Waals surface area contributed by atoms with Crippen molar-refractivity contribution in [2.24, 2.45) is 29.6 Å². The Hall–Kier alpha value is -1.14. The number of hydrogen-bond donors (Lipinski definition) is 1. The van der Waals surface area contributed by atoms with Gasteiger partial charge < -0.3 is 19.7 Å². The van der Waals surface area contributed by atoms with Gasteiger partial charge in [-0.25, -0.2) is 0 Å². The molecule has 140 valence electrons. The predicted octanol–water partition coefficient (Wildman–Crippen LogP) is 1.05. The molecule has 2 aliphatic heterocycles. The highest BCUT2D eigenvalue weighted by molar-refractivity contribution is 5.83. The van der Waals surface area contributed by atoms with E-state index in [2.05, 4.69) is 12.2 Å². The number of methoxy groups -OCH3 is 1. The summed E-state index contributed by atoms with van der Waals surface area (Å²) in [4.78, 5) is 26.9. The summed E-state index contributed by atoms with van der Waals surface area (Å²) in [5.74, 6) is 2.40. The summed E-state index contributed by atoms with van der Waals surface area (Å²) >= 11 is 0. The average molecular weight is 350 g/mol. The van der Waals surface area contributed by atoms with Gasteiger partial charge in [-0.2, -0.15) is 0 Å². The van der Waals surface area contributed by atoms with Gasteiger partial charge in [-0.15, -0.1) is 0 Å². The largest absolute Gasteiger partial charge is 0.381 e. The molecule has 0 aromatic carbocycles. The number of hydrogen-bond acceptors (Lipinski definition) is 4. The standard InChI is InChI=1S/C19H30N2O4/c1-11-7-21(17(22)4-3-12-5-13(6-12)24-2)8-16(11)20-19(23)18-14-9-25-10-15(14)18/h11-16,18H,3-10H2,1-2H3,(H,20,23)/t11?,12?,13?,14-,15+,16?,18?. The number of likely N-dealkylation sites (tertiary alicyclic amines) is 1. The SMILES string of the molecule is COC1CC(CCC(=O)N2CC(C)C(NC(=O)C3[C@H]4COC[C@@H]34)C2)C1. The zero-order valence-corrected chi connectivity index (χ0v) is 15.3. The molecule has 4 aliphatic rings. The van der Waals surface area contributed by atoms with Crippen LogP contribution in [0.2, 0.25) is 0 Å². The maximum absolute atomic E-state index is 12.5. The zero-order valence-electron chi connectivity index (χ0n) is 15.3. The molecule has 2 saturated carbocycles. The number of amides is 2. The first-order valence-corrected chi connectivity index (χ1v) is 9.75. The van der Waals surface area contributed by atoms with Gasteiger partial charge in [-0.1, -0.05) is 6.92 Å². The average Bonchev–Trinajstić information content (AvgIpc) is 2.88. The van der Waals surface area contributed by atoms with Crippen molar-refractivity contribution in [3.63, 3.8) is 0 Å². The van der Waals surface area contributed by atoms with Crippen LogP contribution in [-0.4, -0.2) is 62.3 Å². The number of carbonyl (C=O) groups excluding carboxylic acids is 2. The topological polar surface area (TPSA) is 67.9 Å². The Morgan fingerprint density at radius 3 is 2.60 bits per heavy atom. The van der Waals surface area contributed by atoms with Gasteiger partial charge in [0.1, 0.15) is 0 Å². The molecule has 1 N–H and O–H groups in total. The Balaban J connectivity index is 1.19. The van der Waals surface area contributed by atoms with Crippen LogP contribution in [0.25, 0.3) is 0 Å². The van der Waals surface area contributed by atoms with Gasteiger partial charge >= 0.3 is 0 Å². The summed E-state index contributed by atoms with van der Waals surface area (Å²) in [5, 5.41) is 3.20. The van der Waals surface area contributed by atoms with Gasteiger partial charge in [-0.3, -0.25) is 9.59 Å². The van der Waals surface area contributed by atoms with E-state index in [4.69, 9.17) is 9.47 Å². The Kier molecular flexibility index (Phi) is 4.75. The van der Waals surface area contributed by atoms with Crippen LogP contribution >= 0.6 is 0 Å². The van der Waals surface area contributed by atoms with Gasteiger partial charge in [0.25, 0.3) is 0 Å². The molecule has 0 aromatic rings. The molecule has 0 bridgehead atoms. The first-order valence-electron chi connectivity index (χ1n) is 9.75. The minimum atomic E-state index is 0.0975. The van der Waals surface area contributed by atoms with Crippen molar-refractivity contribution in [1.29, 1.82) is 0 Å². The van der Waals surface area contributed by atoms with Gasteiger partial charge in [0.05, 0.1) is 25.4 Å². The van der Waals surface area contributed by atoms with Crippen molar-refractivity contribution in [2.45, 2.75) is 44.8 Å². The van der Waals surface area contributed by atoms with Crippen molar-refractivity contribution in [3.05, 3.63) is 0 Å². The molecular weight excluding hydrogens is 320 g/mol. The zero-order chi connectivity index (χ0) is 17.6. The molecule has 6 nitrogen and oxygen atoms in total. The molecule has 25 heavy (non-hydrogen) atoms. The molecular formula is C19H30N2O4. The van der Waals surface area contributed by atoms with Crippen LogP contribution in [0.3, 0.4) is 0 Å². The van der Waals surface area contributed by atoms with Crippen molar-refractivity contribution >= 4 is 11.8 Å². The van der Waals surface area contributed by atoms with Crippen LogP contribution in [0, 0.1) is 29.6 Å². The van der Waals surface area contributed by atoms with E-state index < -0.39 is 0 Å². The lowest BCUT2D eigenvalue weighted by Gasteiger charge is -2.34. The molecule has 4 fully saturated rings. The van der Waals surface area contributed by atoms with Gasteiger partial charge in [0.15, 0.2) is 0 Å². The van der Waals surface area contributed by atoms with Crippen molar-refractivity contribution in [3.8, 4) is 0 Å². The number of fused-ring (bicyclic) bond motifs is 1. The molecule has 6 heteroatoms. The minimum Gasteiger partial charge on any atom is -0.381 e. The Morgan fingerprint density at radius 2 is 1.92 bits per heavy atom. The summed E-state index contributed by atoms with van der Waals surface area (Å²) in [5.41, 5.74) is 0. The van der Waals surface area contributed by atoms with E-state index in [9.17, 15) is 9.59 Å². The Labute approximate surface area is 149 Å². The lowest BCUT2D eigenvalue weighted by molar-refractivity contribution is -0.131. The van der Waals surface area contributed by atoms with E-state index >= 15 is 0 Å². The summed E-state index contributed by atoms with van der Waals surface area (Å²) in [6, 6.07) is 0.0975. The smallest absolute Gasteiger partial charge is 0.224 e. The van der Waals surface area contributed by atoms with E-state index in [1.54, 1.807) is 7.11 Å². The van der Waals surface area contributed by atoms with Crippen LogP contribution < -0.4 is 5.32 Å². The van der Waals surface area contributed by atoms with E-state index in [1.165, 1.54) is 0 Å². The third-order valence-corrected chi connectivity index (χ3v) is 6.84. The number of nitrogens with one attached hydrogen (secondary N) is 1. The highest BCUT2D eigenvalue weighted by Crippen LogP contribution is 2.50. The number of ether oxygens (including phenoxy) is 2. The molecule has 2 amide bonds. The van der Waals surface area contributed by atoms with Crippen LogP contribution in [0.1, 0.15) is 32.6 Å². The van der Waals surface area contributed by atoms with Gasteiger partial charge in [0, 0.05) is 32.5 Å². The quantitative estimate of drug-likeness (QED) is 0.777. The highest BCUT2D eigenvalue weighted by atomic mass is 16.5. The molecule has 2 saturated heterocycles. The third kappa shape index (κ3) is 3.43. The number of rotatable bonds is 6. The number of nitrogens with zero attached hydrogens (tertiary/aromatic N) is 1. The Bertz CT molecular complexity index is 524. The third-order valence-electron chi connectivity index (χ3n) is 6.84. The molecule has 2 heterocycles. The second-order valence-electron chi connectivity index (χ2n) is 8.52. The summed E-state index contributed by atoms with van der Waals surface area (Å²) < 4.78 is 10.7. The monoisotopic (exact) mass is 350 g/mol. The normalized spacial score (nSPS) is 42.0. The van der Waals surface area contributed by atoms with Crippen LogP contribution in [-0.2, 0) is 19.1 Å². The fraction of sp³-hybridized carbons (Fsp3) is 0.895. The van der Waals surface area contributed by atoms with Gasteiger partial charge in [0.2, 0.25) is 11.8 Å². The predicted molar refractivity (Wildman–Crippen MR) is 91.7 cm³/mol. The van der Waals surface area contributed by atoms with Crippen molar-refractivity contribution in [2.75, 3.05) is 33.4 Å². The molecule has 3 unspecified atom stereocenters. The fourth-order valence-corrected chi connectivity index (χ4v) is 4.85. The first-order chi connectivity index (χ1) is 12.1. The van der Waals surface area contributed by atoms with Crippen molar-refractivity contribution < 1.29 is 19.1 Å². The van der Waals surface area contributed by atoms with E-state index in [1.807, 2.05) is 4.90 Å². The fourth-order valence-electron chi connectivity index (χ4n) is 4.85. The maximum Gasteiger partial charge on any atom is 0.224 e. The van der Waals surface area contributed by atoms with Gasteiger partial charge in [-0.05, 0) is 42.9 Å². The van der Waals surface area contributed by atoms with Crippen molar-refractivity contribution in [1.82, 2.24) is 10.2 Å². The molecule has 4 rings (SSSR count). The summed E-state index contributed by atoms with van der Waals surface area (Å²) in [6.45, 7) is 5.02. The Morgan fingerprint density at radius 1 is 1.20 bits per heavy atom. The van der Waals surface area contributed by atoms with Crippen LogP contribution in [0.5, 0.6) is 0 Å². The first kappa shape index (κ1) is 17.3. The second kappa shape index (κ2) is 6.88.